The summed E-state index contributed by atoms with van der Waals surface area (Å²) in [6, 6.07) is 10.9. The van der Waals surface area contributed by atoms with E-state index in [1.807, 2.05) is 35.0 Å². The van der Waals surface area contributed by atoms with Crippen molar-refractivity contribution in [1.82, 2.24) is 4.57 Å². The number of carbonyl (C=O) groups is 2. The maximum atomic E-state index is 12.1. The van der Waals surface area contributed by atoms with Gasteiger partial charge in [-0.2, -0.15) is 0 Å². The molecule has 0 saturated heterocycles. The molecule has 138 valence electrons. The van der Waals surface area contributed by atoms with Crippen molar-refractivity contribution in [1.29, 1.82) is 0 Å². The van der Waals surface area contributed by atoms with E-state index in [4.69, 9.17) is 23.2 Å². The number of benzene rings is 2. The Bertz CT molecular complexity index is 1070. The van der Waals surface area contributed by atoms with E-state index < -0.39 is 5.97 Å². The number of halogens is 2. The monoisotopic (exact) mass is 401 g/mol. The van der Waals surface area contributed by atoms with E-state index in [0.717, 1.165) is 22.0 Å². The van der Waals surface area contributed by atoms with Gasteiger partial charge in [-0.3, -0.25) is 4.79 Å². The van der Waals surface area contributed by atoms with E-state index in [0.29, 0.717) is 22.2 Å². The Hall–Kier alpha value is -2.56. The van der Waals surface area contributed by atoms with E-state index in [1.165, 1.54) is 20.1 Å². The Kier molecular flexibility index (Phi) is 5.68. The lowest BCUT2D eigenvalue weighted by atomic mass is 10.1. The third kappa shape index (κ3) is 4.07. The fourth-order valence-electron chi connectivity index (χ4n) is 2.99. The van der Waals surface area contributed by atoms with Gasteiger partial charge < -0.3 is 9.30 Å². The number of hydrogen-bond acceptors (Lipinski definition) is 3. The second-order valence-electron chi connectivity index (χ2n) is 6.06. The van der Waals surface area contributed by atoms with Gasteiger partial charge in [-0.25, -0.2) is 4.79 Å². The van der Waals surface area contributed by atoms with E-state index in [2.05, 4.69) is 4.74 Å². The summed E-state index contributed by atoms with van der Waals surface area (Å²) >= 11 is 12.3. The normalized spacial score (nSPS) is 11.3. The maximum Gasteiger partial charge on any atom is 0.330 e. The third-order valence-electron chi connectivity index (χ3n) is 4.26. The molecule has 27 heavy (non-hydrogen) atoms. The van der Waals surface area contributed by atoms with E-state index in [1.54, 1.807) is 18.2 Å². The Labute approximate surface area is 166 Å². The molecule has 0 unspecified atom stereocenters. The average molecular weight is 402 g/mol. The van der Waals surface area contributed by atoms with Crippen LogP contribution < -0.4 is 0 Å². The molecule has 0 saturated carbocycles. The first-order valence-corrected chi connectivity index (χ1v) is 8.99. The highest BCUT2D eigenvalue weighted by Gasteiger charge is 2.15. The van der Waals surface area contributed by atoms with Crippen LogP contribution in [0.15, 0.2) is 48.7 Å². The van der Waals surface area contributed by atoms with Gasteiger partial charge in [0.25, 0.3) is 0 Å². The summed E-state index contributed by atoms with van der Waals surface area (Å²) in [5, 5.41) is 1.93. The zero-order valence-corrected chi connectivity index (χ0v) is 16.3. The summed E-state index contributed by atoms with van der Waals surface area (Å²) in [6.45, 7) is 1.99. The lowest BCUT2D eigenvalue weighted by Gasteiger charge is -2.10. The number of rotatable bonds is 5. The smallest absolute Gasteiger partial charge is 0.330 e. The highest BCUT2D eigenvalue weighted by Crippen LogP contribution is 2.29. The molecule has 2 aromatic carbocycles. The zero-order valence-electron chi connectivity index (χ0n) is 14.8. The first-order valence-electron chi connectivity index (χ1n) is 8.23. The molecule has 0 aliphatic heterocycles. The number of ether oxygens (including phenoxy) is 1. The van der Waals surface area contributed by atoms with Crippen LogP contribution in [0.5, 0.6) is 0 Å². The van der Waals surface area contributed by atoms with Crippen molar-refractivity contribution in [2.45, 2.75) is 13.5 Å². The molecule has 0 atom stereocenters. The summed E-state index contributed by atoms with van der Waals surface area (Å²) in [5.74, 6) is -0.479. The fourth-order valence-corrected chi connectivity index (χ4v) is 3.46. The number of ketones is 1. The lowest BCUT2D eigenvalue weighted by Crippen LogP contribution is -2.00. The number of hydrogen-bond donors (Lipinski definition) is 0. The Balaban J connectivity index is 2.17. The highest BCUT2D eigenvalue weighted by molar-refractivity contribution is 6.35. The van der Waals surface area contributed by atoms with Gasteiger partial charge in [-0.05, 0) is 36.3 Å². The summed E-state index contributed by atoms with van der Waals surface area (Å²) in [4.78, 5) is 23.6. The number of aromatic nitrogens is 1. The molecular formula is C21H17Cl2NO3. The standard InChI is InChI=1S/C21H17Cl2NO3/c1-13(25)18-12-24(11-15-6-8-16(22)10-19(15)23)21-14(4-3-5-17(18)21)7-9-20(26)27-2/h3-10,12H,11H2,1-2H3/b9-7+. The van der Waals surface area contributed by atoms with Crippen LogP contribution in [-0.4, -0.2) is 23.4 Å². The Morgan fingerprint density at radius 3 is 2.63 bits per heavy atom. The number of carbonyl (C=O) groups excluding carboxylic acids is 2. The van der Waals surface area contributed by atoms with Gasteiger partial charge in [0, 0.05) is 39.8 Å². The first-order chi connectivity index (χ1) is 12.9. The number of Topliss-reactive ketones (excluding diaryl/α,β-unsaturated/α-hetero) is 1. The van der Waals surface area contributed by atoms with Gasteiger partial charge in [-0.1, -0.05) is 47.5 Å². The van der Waals surface area contributed by atoms with Gasteiger partial charge in [0.15, 0.2) is 5.78 Å². The van der Waals surface area contributed by atoms with Crippen LogP contribution in [0.2, 0.25) is 10.0 Å². The number of nitrogens with zero attached hydrogens (tertiary/aromatic N) is 1. The van der Waals surface area contributed by atoms with Gasteiger partial charge in [0.1, 0.15) is 0 Å². The largest absolute Gasteiger partial charge is 0.466 e. The maximum absolute atomic E-state index is 12.1. The van der Waals surface area contributed by atoms with E-state index in [-0.39, 0.29) is 5.78 Å². The van der Waals surface area contributed by atoms with Crippen LogP contribution >= 0.6 is 23.2 Å². The molecule has 6 heteroatoms. The molecule has 0 radical (unpaired) electrons. The number of para-hydroxylation sites is 1. The van der Waals surface area contributed by atoms with Crippen molar-refractivity contribution in [2.75, 3.05) is 7.11 Å². The molecule has 0 N–H and O–H groups in total. The molecular weight excluding hydrogens is 385 g/mol. The summed E-state index contributed by atoms with van der Waals surface area (Å²) in [6.07, 6.45) is 4.85. The van der Waals surface area contributed by atoms with Crippen LogP contribution in [0, 0.1) is 0 Å². The van der Waals surface area contributed by atoms with Gasteiger partial charge >= 0.3 is 5.97 Å². The van der Waals surface area contributed by atoms with Crippen LogP contribution in [0.4, 0.5) is 0 Å². The van der Waals surface area contributed by atoms with Crippen LogP contribution in [0.3, 0.4) is 0 Å². The van der Waals surface area contributed by atoms with Crippen LogP contribution in [0.1, 0.15) is 28.4 Å². The summed E-state index contributed by atoms with van der Waals surface area (Å²) < 4.78 is 6.62. The third-order valence-corrected chi connectivity index (χ3v) is 4.85. The van der Waals surface area contributed by atoms with Crippen molar-refractivity contribution < 1.29 is 14.3 Å². The van der Waals surface area contributed by atoms with Crippen LogP contribution in [-0.2, 0) is 16.1 Å². The fraction of sp³-hybridized carbons (Fsp3) is 0.143. The molecule has 0 fully saturated rings. The molecule has 4 nitrogen and oxygen atoms in total. The topological polar surface area (TPSA) is 48.3 Å². The summed E-state index contributed by atoms with van der Waals surface area (Å²) in [5.41, 5.74) is 3.13. The molecule has 1 heterocycles. The Morgan fingerprint density at radius 2 is 1.96 bits per heavy atom. The number of esters is 1. The molecule has 0 bridgehead atoms. The van der Waals surface area contributed by atoms with Crippen molar-refractivity contribution in [3.63, 3.8) is 0 Å². The minimum absolute atomic E-state index is 0.0324. The summed E-state index contributed by atoms with van der Waals surface area (Å²) in [7, 11) is 1.33. The Morgan fingerprint density at radius 1 is 1.19 bits per heavy atom. The predicted octanol–water partition coefficient (Wildman–Crippen LogP) is 5.39. The van der Waals surface area contributed by atoms with Crippen molar-refractivity contribution >= 4 is 51.9 Å². The number of fused-ring (bicyclic) bond motifs is 1. The van der Waals surface area contributed by atoms with Crippen molar-refractivity contribution in [2.24, 2.45) is 0 Å². The highest BCUT2D eigenvalue weighted by atomic mass is 35.5. The number of methoxy groups -OCH3 is 1. The predicted molar refractivity (Wildman–Crippen MR) is 109 cm³/mol. The minimum atomic E-state index is -0.447. The molecule has 1 aromatic heterocycles. The van der Waals surface area contributed by atoms with E-state index >= 15 is 0 Å². The zero-order chi connectivity index (χ0) is 19.6. The minimum Gasteiger partial charge on any atom is -0.466 e. The molecule has 0 aliphatic rings. The van der Waals surface area contributed by atoms with Crippen LogP contribution in [0.25, 0.3) is 17.0 Å². The molecule has 0 spiro atoms. The SMILES string of the molecule is COC(=O)/C=C/c1cccc2c(C(C)=O)cn(Cc3ccc(Cl)cc3Cl)c12. The second-order valence-corrected chi connectivity index (χ2v) is 6.91. The quantitative estimate of drug-likeness (QED) is 0.327. The molecule has 3 aromatic rings. The molecule has 3 rings (SSSR count). The van der Waals surface area contributed by atoms with Gasteiger partial charge in [0.2, 0.25) is 0 Å². The first kappa shape index (κ1) is 19.2. The molecule has 0 aliphatic carbocycles. The lowest BCUT2D eigenvalue weighted by molar-refractivity contribution is -0.134. The van der Waals surface area contributed by atoms with Crippen molar-refractivity contribution in [3.05, 3.63) is 75.4 Å². The molecule has 0 amide bonds. The van der Waals surface area contributed by atoms with Crippen molar-refractivity contribution in [3.8, 4) is 0 Å². The average Bonchev–Trinajstić information content (AvgIpc) is 3.01. The van der Waals surface area contributed by atoms with Gasteiger partial charge in [0.05, 0.1) is 12.6 Å². The van der Waals surface area contributed by atoms with Gasteiger partial charge in [-0.15, -0.1) is 0 Å². The van der Waals surface area contributed by atoms with E-state index in [9.17, 15) is 9.59 Å². The second kappa shape index (κ2) is 7.99.